The first-order chi connectivity index (χ1) is 21.2. The Hall–Kier alpha value is -5.74. The smallest absolute Gasteiger partial charge is 0.0972 e. The zero-order valence-corrected chi connectivity index (χ0v) is 23.4. The molecule has 0 spiro atoms. The van der Waals surface area contributed by atoms with E-state index in [4.69, 9.17) is 19.9 Å². The first-order valence-corrected chi connectivity index (χ1v) is 14.5. The summed E-state index contributed by atoms with van der Waals surface area (Å²) in [4.78, 5) is 20.5. The largest absolute Gasteiger partial charge is 0.251 e. The standard InChI is InChI=1S/C39H24N4/c1-23-13-14-26-15-16-27-19-22-33(42-37(27)36(26)40-23)32-11-6-12-34(41-32)35-30-20-17-24-7-2-4-9-28(24)38(30)43-39-29-10-5-3-8-25(29)18-21-31(35)39/h2-22H,1H3. The van der Waals surface area contributed by atoms with Gasteiger partial charge in [0, 0.05) is 43.6 Å². The summed E-state index contributed by atoms with van der Waals surface area (Å²) in [7, 11) is 0. The van der Waals surface area contributed by atoms with E-state index in [-0.39, 0.29) is 0 Å². The maximum absolute atomic E-state index is 5.32. The molecule has 4 heterocycles. The average molecular weight is 549 g/mol. The summed E-state index contributed by atoms with van der Waals surface area (Å²) >= 11 is 0. The molecular formula is C39H24N4. The van der Waals surface area contributed by atoms with Crippen molar-refractivity contribution < 1.29 is 0 Å². The number of rotatable bonds is 2. The summed E-state index contributed by atoms with van der Waals surface area (Å²) in [6.07, 6.45) is 0. The molecule has 0 atom stereocenters. The molecule has 0 N–H and O–H groups in total. The van der Waals surface area contributed by atoms with Crippen LogP contribution in [0.2, 0.25) is 0 Å². The van der Waals surface area contributed by atoms with Gasteiger partial charge in [-0.15, -0.1) is 0 Å². The van der Waals surface area contributed by atoms with Crippen LogP contribution in [0, 0.1) is 6.92 Å². The molecule has 4 heteroatoms. The number of nitrogens with zero attached hydrogens (tertiary/aromatic N) is 4. The molecule has 200 valence electrons. The van der Waals surface area contributed by atoms with E-state index in [2.05, 4.69) is 115 Å². The van der Waals surface area contributed by atoms with Gasteiger partial charge in [-0.3, -0.25) is 4.98 Å². The Morgan fingerprint density at radius 1 is 0.326 bits per heavy atom. The predicted molar refractivity (Wildman–Crippen MR) is 178 cm³/mol. The molecule has 0 saturated carbocycles. The van der Waals surface area contributed by atoms with E-state index in [1.165, 1.54) is 10.8 Å². The summed E-state index contributed by atoms with van der Waals surface area (Å²) in [6, 6.07) is 44.4. The van der Waals surface area contributed by atoms with Crippen molar-refractivity contribution in [3.05, 3.63) is 133 Å². The van der Waals surface area contributed by atoms with Crippen LogP contribution in [-0.2, 0) is 0 Å². The molecule has 5 aromatic carbocycles. The van der Waals surface area contributed by atoms with Crippen molar-refractivity contribution in [2.24, 2.45) is 0 Å². The second-order valence-corrected chi connectivity index (χ2v) is 11.1. The Morgan fingerprint density at radius 3 is 1.56 bits per heavy atom. The van der Waals surface area contributed by atoms with E-state index in [9.17, 15) is 0 Å². The minimum atomic E-state index is 0.823. The minimum absolute atomic E-state index is 0.823. The van der Waals surface area contributed by atoms with Crippen molar-refractivity contribution >= 4 is 65.2 Å². The van der Waals surface area contributed by atoms with Crippen LogP contribution in [0.4, 0.5) is 0 Å². The first kappa shape index (κ1) is 23.9. The van der Waals surface area contributed by atoms with Gasteiger partial charge in [0.05, 0.1) is 39.1 Å². The molecule has 0 bridgehead atoms. The monoisotopic (exact) mass is 548 g/mol. The predicted octanol–water partition coefficient (Wildman–Crippen LogP) is 9.83. The van der Waals surface area contributed by atoms with Crippen molar-refractivity contribution in [2.75, 3.05) is 0 Å². The number of benzene rings is 5. The lowest BCUT2D eigenvalue weighted by molar-refractivity contribution is 1.25. The zero-order chi connectivity index (χ0) is 28.5. The van der Waals surface area contributed by atoms with Gasteiger partial charge in [0.1, 0.15) is 0 Å². The van der Waals surface area contributed by atoms with Gasteiger partial charge in [-0.25, -0.2) is 15.0 Å². The molecular weight excluding hydrogens is 524 g/mol. The van der Waals surface area contributed by atoms with Gasteiger partial charge in [0.25, 0.3) is 0 Å². The number of pyridine rings is 4. The van der Waals surface area contributed by atoms with E-state index in [0.29, 0.717) is 0 Å². The molecule has 4 aromatic heterocycles. The topological polar surface area (TPSA) is 51.6 Å². The highest BCUT2D eigenvalue weighted by atomic mass is 14.8. The fraction of sp³-hybridized carbons (Fsp3) is 0.0256. The number of aryl methyl sites for hydroxylation is 1. The molecule has 0 saturated heterocycles. The minimum Gasteiger partial charge on any atom is -0.251 e. The third-order valence-corrected chi connectivity index (χ3v) is 8.49. The molecule has 0 aliphatic carbocycles. The Kier molecular flexibility index (Phi) is 5.08. The van der Waals surface area contributed by atoms with Crippen molar-refractivity contribution in [3.63, 3.8) is 0 Å². The van der Waals surface area contributed by atoms with Crippen LogP contribution in [-0.4, -0.2) is 19.9 Å². The molecule has 9 rings (SSSR count). The van der Waals surface area contributed by atoms with Gasteiger partial charge in [0.2, 0.25) is 0 Å². The van der Waals surface area contributed by atoms with Crippen molar-refractivity contribution in [3.8, 4) is 22.6 Å². The fourth-order valence-electron chi connectivity index (χ4n) is 6.41. The quantitative estimate of drug-likeness (QED) is 0.159. The lowest BCUT2D eigenvalue weighted by Crippen LogP contribution is -1.95. The molecule has 0 unspecified atom stereocenters. The van der Waals surface area contributed by atoms with Gasteiger partial charge in [0.15, 0.2) is 0 Å². The SMILES string of the molecule is Cc1ccc2ccc3ccc(-c4cccc(-c5c6ccc7ccccc7c6nc6c5ccc5ccccc56)n4)nc3c2n1. The van der Waals surface area contributed by atoms with Crippen molar-refractivity contribution in [1.82, 2.24) is 19.9 Å². The molecule has 0 radical (unpaired) electrons. The summed E-state index contributed by atoms with van der Waals surface area (Å²) < 4.78 is 0. The Bertz CT molecular complexity index is 2490. The second kappa shape index (κ2) is 9.13. The normalized spacial score (nSPS) is 11.8. The Morgan fingerprint density at radius 2 is 0.860 bits per heavy atom. The average Bonchev–Trinajstić information content (AvgIpc) is 3.07. The third-order valence-electron chi connectivity index (χ3n) is 8.49. The maximum atomic E-state index is 5.32. The molecule has 9 aromatic rings. The summed E-state index contributed by atoms with van der Waals surface area (Å²) in [6.45, 7) is 2.02. The summed E-state index contributed by atoms with van der Waals surface area (Å²) in [5.74, 6) is 0. The van der Waals surface area contributed by atoms with E-state index >= 15 is 0 Å². The highest BCUT2D eigenvalue weighted by Gasteiger charge is 2.17. The van der Waals surface area contributed by atoms with Crippen LogP contribution < -0.4 is 0 Å². The number of aromatic nitrogens is 4. The van der Waals surface area contributed by atoms with Gasteiger partial charge >= 0.3 is 0 Å². The van der Waals surface area contributed by atoms with Crippen molar-refractivity contribution in [2.45, 2.75) is 6.92 Å². The summed E-state index contributed by atoms with van der Waals surface area (Å²) in [5, 5.41) is 8.94. The lowest BCUT2D eigenvalue weighted by atomic mass is 9.94. The molecule has 0 aliphatic rings. The van der Waals surface area contributed by atoms with Crippen LogP contribution in [0.15, 0.2) is 127 Å². The third kappa shape index (κ3) is 3.70. The van der Waals surface area contributed by atoms with Crippen LogP contribution in [0.25, 0.3) is 87.8 Å². The fourth-order valence-corrected chi connectivity index (χ4v) is 6.41. The molecule has 0 aliphatic heterocycles. The summed E-state index contributed by atoms with van der Waals surface area (Å²) in [5.41, 5.74) is 8.39. The van der Waals surface area contributed by atoms with Gasteiger partial charge in [-0.2, -0.15) is 0 Å². The second-order valence-electron chi connectivity index (χ2n) is 11.1. The number of hydrogen-bond donors (Lipinski definition) is 0. The molecule has 0 fully saturated rings. The number of fused-ring (bicyclic) bond motifs is 9. The van der Waals surface area contributed by atoms with Crippen molar-refractivity contribution in [1.29, 1.82) is 0 Å². The maximum Gasteiger partial charge on any atom is 0.0972 e. The highest BCUT2D eigenvalue weighted by molar-refractivity contribution is 6.20. The molecule has 4 nitrogen and oxygen atoms in total. The van der Waals surface area contributed by atoms with Crippen LogP contribution in [0.3, 0.4) is 0 Å². The Labute approximate surface area is 247 Å². The zero-order valence-electron chi connectivity index (χ0n) is 23.4. The van der Waals surface area contributed by atoms with E-state index in [0.717, 1.165) is 82.7 Å². The van der Waals surface area contributed by atoms with Crippen LogP contribution in [0.5, 0.6) is 0 Å². The van der Waals surface area contributed by atoms with E-state index < -0.39 is 0 Å². The van der Waals surface area contributed by atoms with E-state index in [1.807, 2.05) is 19.1 Å². The first-order valence-electron chi connectivity index (χ1n) is 14.5. The van der Waals surface area contributed by atoms with Gasteiger partial charge in [-0.05, 0) is 42.0 Å². The number of hydrogen-bond acceptors (Lipinski definition) is 4. The lowest BCUT2D eigenvalue weighted by Gasteiger charge is -2.15. The van der Waals surface area contributed by atoms with Gasteiger partial charge < -0.3 is 0 Å². The van der Waals surface area contributed by atoms with Gasteiger partial charge in [-0.1, -0.05) is 103 Å². The van der Waals surface area contributed by atoms with Crippen LogP contribution >= 0.6 is 0 Å². The molecule has 0 amide bonds. The highest BCUT2D eigenvalue weighted by Crippen LogP contribution is 2.39. The van der Waals surface area contributed by atoms with Crippen LogP contribution in [0.1, 0.15) is 5.69 Å². The van der Waals surface area contributed by atoms with E-state index in [1.54, 1.807) is 0 Å². The molecule has 43 heavy (non-hydrogen) atoms. The Balaban J connectivity index is 1.34.